The van der Waals surface area contributed by atoms with Gasteiger partial charge in [-0.15, -0.1) is 0 Å². The molecule has 0 aromatic carbocycles. The number of carbonyl (C=O) groups is 1. The summed E-state index contributed by atoms with van der Waals surface area (Å²) in [5.74, 6) is -0.820. The van der Waals surface area contributed by atoms with E-state index in [4.69, 9.17) is 9.84 Å². The van der Waals surface area contributed by atoms with Crippen molar-refractivity contribution in [3.8, 4) is 0 Å². The summed E-state index contributed by atoms with van der Waals surface area (Å²) < 4.78 is 5.57. The summed E-state index contributed by atoms with van der Waals surface area (Å²) in [6, 6.07) is 0.495. The standard InChI is InChI=1S/C14H27NO3/c1-4-5-6-9-15(11(2)3)10-12-7-8-13(18-12)14(16)17/h11-13H,4-10H2,1-3H3,(H,16,17). The Labute approximate surface area is 110 Å². The number of carboxylic acid groups (broad SMARTS) is 1. The first-order valence-corrected chi connectivity index (χ1v) is 7.17. The second-order valence-electron chi connectivity index (χ2n) is 5.46. The monoisotopic (exact) mass is 257 g/mol. The second kappa shape index (κ2) is 7.74. The molecule has 0 spiro atoms. The highest BCUT2D eigenvalue weighted by Crippen LogP contribution is 2.21. The Morgan fingerprint density at radius 2 is 2.11 bits per heavy atom. The fourth-order valence-corrected chi connectivity index (χ4v) is 2.41. The highest BCUT2D eigenvalue weighted by atomic mass is 16.5. The smallest absolute Gasteiger partial charge is 0.332 e. The maximum absolute atomic E-state index is 10.8. The van der Waals surface area contributed by atoms with Crippen molar-refractivity contribution in [3.63, 3.8) is 0 Å². The molecule has 0 aromatic rings. The van der Waals surface area contributed by atoms with Gasteiger partial charge in [0.1, 0.15) is 0 Å². The summed E-state index contributed by atoms with van der Waals surface area (Å²) in [5, 5.41) is 8.91. The predicted octanol–water partition coefficient (Wildman–Crippen LogP) is 2.52. The van der Waals surface area contributed by atoms with Crippen LogP contribution in [0.2, 0.25) is 0 Å². The molecule has 4 nitrogen and oxygen atoms in total. The minimum absolute atomic E-state index is 0.0927. The van der Waals surface area contributed by atoms with Gasteiger partial charge >= 0.3 is 5.97 Å². The van der Waals surface area contributed by atoms with E-state index in [9.17, 15) is 4.79 Å². The van der Waals surface area contributed by atoms with Gasteiger partial charge in [0.25, 0.3) is 0 Å². The van der Waals surface area contributed by atoms with Crippen LogP contribution in [0.3, 0.4) is 0 Å². The van der Waals surface area contributed by atoms with Crippen LogP contribution >= 0.6 is 0 Å². The van der Waals surface area contributed by atoms with Crippen LogP contribution in [0.25, 0.3) is 0 Å². The molecule has 4 heteroatoms. The van der Waals surface area contributed by atoms with E-state index in [-0.39, 0.29) is 6.10 Å². The van der Waals surface area contributed by atoms with Crippen molar-refractivity contribution in [2.24, 2.45) is 0 Å². The molecule has 106 valence electrons. The van der Waals surface area contributed by atoms with E-state index in [1.807, 2.05) is 0 Å². The van der Waals surface area contributed by atoms with Crippen molar-refractivity contribution in [3.05, 3.63) is 0 Å². The van der Waals surface area contributed by atoms with Gasteiger partial charge in [0, 0.05) is 12.6 Å². The quantitative estimate of drug-likeness (QED) is 0.679. The Morgan fingerprint density at radius 1 is 1.39 bits per heavy atom. The fourth-order valence-electron chi connectivity index (χ4n) is 2.41. The topological polar surface area (TPSA) is 49.8 Å². The average Bonchev–Trinajstić information content (AvgIpc) is 2.76. The molecule has 0 radical (unpaired) electrons. The molecular formula is C14H27NO3. The van der Waals surface area contributed by atoms with Crippen LogP contribution in [0.1, 0.15) is 52.9 Å². The van der Waals surface area contributed by atoms with Gasteiger partial charge in [-0.2, -0.15) is 0 Å². The zero-order valence-electron chi connectivity index (χ0n) is 11.9. The van der Waals surface area contributed by atoms with Crippen molar-refractivity contribution in [1.82, 2.24) is 4.90 Å². The number of rotatable bonds is 8. The molecule has 2 atom stereocenters. The third-order valence-electron chi connectivity index (χ3n) is 3.60. The molecule has 1 heterocycles. The van der Waals surface area contributed by atoms with E-state index in [1.165, 1.54) is 19.3 Å². The second-order valence-corrected chi connectivity index (χ2v) is 5.46. The number of hydrogen-bond donors (Lipinski definition) is 1. The van der Waals surface area contributed by atoms with Crippen molar-refractivity contribution < 1.29 is 14.6 Å². The molecule has 1 aliphatic rings. The van der Waals surface area contributed by atoms with Crippen LogP contribution in [-0.2, 0) is 9.53 Å². The maximum Gasteiger partial charge on any atom is 0.332 e. The van der Waals surface area contributed by atoms with Crippen molar-refractivity contribution >= 4 is 5.97 Å². The van der Waals surface area contributed by atoms with Gasteiger partial charge < -0.3 is 9.84 Å². The molecule has 0 amide bonds. The zero-order chi connectivity index (χ0) is 13.5. The lowest BCUT2D eigenvalue weighted by atomic mass is 10.1. The molecule has 1 rings (SSSR count). The number of ether oxygens (including phenoxy) is 1. The van der Waals surface area contributed by atoms with E-state index in [2.05, 4.69) is 25.7 Å². The third-order valence-corrected chi connectivity index (χ3v) is 3.60. The Balaban J connectivity index is 2.35. The maximum atomic E-state index is 10.8. The first-order chi connectivity index (χ1) is 8.54. The summed E-state index contributed by atoms with van der Waals surface area (Å²) in [6.45, 7) is 8.54. The molecule has 0 aromatic heterocycles. The molecule has 1 aliphatic heterocycles. The number of hydrogen-bond acceptors (Lipinski definition) is 3. The molecule has 0 aliphatic carbocycles. The number of unbranched alkanes of at least 4 members (excludes halogenated alkanes) is 2. The van der Waals surface area contributed by atoms with Crippen LogP contribution in [-0.4, -0.2) is 47.3 Å². The lowest BCUT2D eigenvalue weighted by Crippen LogP contribution is -2.38. The third kappa shape index (κ3) is 4.94. The Hall–Kier alpha value is -0.610. The van der Waals surface area contributed by atoms with E-state index >= 15 is 0 Å². The predicted molar refractivity (Wildman–Crippen MR) is 71.8 cm³/mol. The molecular weight excluding hydrogens is 230 g/mol. The SMILES string of the molecule is CCCCCN(CC1CCC(C(=O)O)O1)C(C)C. The summed E-state index contributed by atoms with van der Waals surface area (Å²) in [7, 11) is 0. The Kier molecular flexibility index (Phi) is 6.65. The van der Waals surface area contributed by atoms with Gasteiger partial charge in [-0.1, -0.05) is 19.8 Å². The summed E-state index contributed by atoms with van der Waals surface area (Å²) in [5.41, 5.74) is 0. The van der Waals surface area contributed by atoms with E-state index in [1.54, 1.807) is 0 Å². The van der Waals surface area contributed by atoms with Gasteiger partial charge in [-0.25, -0.2) is 4.79 Å². The summed E-state index contributed by atoms with van der Waals surface area (Å²) in [4.78, 5) is 13.2. The van der Waals surface area contributed by atoms with Crippen molar-refractivity contribution in [1.29, 1.82) is 0 Å². The normalized spacial score (nSPS) is 24.1. The van der Waals surface area contributed by atoms with Gasteiger partial charge in [0.05, 0.1) is 6.10 Å². The highest BCUT2D eigenvalue weighted by molar-refractivity contribution is 5.72. The molecule has 0 bridgehead atoms. The van der Waals surface area contributed by atoms with Crippen molar-refractivity contribution in [2.45, 2.75) is 71.1 Å². The number of aliphatic carboxylic acids is 1. The van der Waals surface area contributed by atoms with Crippen LogP contribution in [0.15, 0.2) is 0 Å². The minimum atomic E-state index is -0.820. The average molecular weight is 257 g/mol. The van der Waals surface area contributed by atoms with Crippen LogP contribution < -0.4 is 0 Å². The van der Waals surface area contributed by atoms with Crippen LogP contribution in [0.5, 0.6) is 0 Å². The van der Waals surface area contributed by atoms with Gasteiger partial charge in [0.15, 0.2) is 6.10 Å². The number of nitrogens with zero attached hydrogens (tertiary/aromatic N) is 1. The Morgan fingerprint density at radius 3 is 2.61 bits per heavy atom. The summed E-state index contributed by atoms with van der Waals surface area (Å²) in [6.07, 6.45) is 4.73. The van der Waals surface area contributed by atoms with E-state index in [0.29, 0.717) is 12.5 Å². The highest BCUT2D eigenvalue weighted by Gasteiger charge is 2.31. The molecule has 0 saturated carbocycles. The lowest BCUT2D eigenvalue weighted by Gasteiger charge is -2.29. The summed E-state index contributed by atoms with van der Waals surface area (Å²) >= 11 is 0. The first-order valence-electron chi connectivity index (χ1n) is 7.17. The van der Waals surface area contributed by atoms with Gasteiger partial charge in [-0.3, -0.25) is 4.90 Å². The van der Waals surface area contributed by atoms with Crippen LogP contribution in [0.4, 0.5) is 0 Å². The fraction of sp³-hybridized carbons (Fsp3) is 0.929. The number of carboxylic acids is 1. The molecule has 2 unspecified atom stereocenters. The lowest BCUT2D eigenvalue weighted by molar-refractivity contribution is -0.149. The van der Waals surface area contributed by atoms with E-state index in [0.717, 1.165) is 19.5 Å². The van der Waals surface area contributed by atoms with E-state index < -0.39 is 12.1 Å². The minimum Gasteiger partial charge on any atom is -0.479 e. The van der Waals surface area contributed by atoms with Gasteiger partial charge in [-0.05, 0) is 39.7 Å². The Bertz CT molecular complexity index is 255. The van der Waals surface area contributed by atoms with Crippen LogP contribution in [0, 0.1) is 0 Å². The zero-order valence-corrected chi connectivity index (χ0v) is 11.9. The molecule has 1 fully saturated rings. The molecule has 1 saturated heterocycles. The van der Waals surface area contributed by atoms with Gasteiger partial charge in [0.2, 0.25) is 0 Å². The van der Waals surface area contributed by atoms with Crippen molar-refractivity contribution in [2.75, 3.05) is 13.1 Å². The molecule has 1 N–H and O–H groups in total. The largest absolute Gasteiger partial charge is 0.479 e. The first kappa shape index (κ1) is 15.4. The molecule has 18 heavy (non-hydrogen) atoms.